The van der Waals surface area contributed by atoms with Crippen molar-refractivity contribution in [3.05, 3.63) is 211 Å². The lowest BCUT2D eigenvalue weighted by molar-refractivity contribution is 0.426. The molecule has 0 amide bonds. The summed E-state index contributed by atoms with van der Waals surface area (Å²) in [5, 5.41) is 18.2. The molecule has 0 aliphatic rings. The summed E-state index contributed by atoms with van der Waals surface area (Å²) in [6.07, 6.45) is 10.5. The van der Waals surface area contributed by atoms with Crippen LogP contribution in [0.2, 0.25) is 5.02 Å². The van der Waals surface area contributed by atoms with Crippen molar-refractivity contribution in [1.29, 1.82) is 0 Å². The summed E-state index contributed by atoms with van der Waals surface area (Å²) in [5.41, 5.74) is 3.96. The largest absolute Gasteiger partial charge is 0.488 e. The molecule has 6 aromatic rings. The molecule has 6 heteroatoms. The van der Waals surface area contributed by atoms with Crippen molar-refractivity contribution in [2.45, 2.75) is 34.6 Å². The summed E-state index contributed by atoms with van der Waals surface area (Å²) in [6, 6.07) is 48.0. The van der Waals surface area contributed by atoms with Gasteiger partial charge in [0.2, 0.25) is 0 Å². The van der Waals surface area contributed by atoms with E-state index in [9.17, 15) is 0 Å². The summed E-state index contributed by atoms with van der Waals surface area (Å²) in [5.74, 6) is 0. The van der Waals surface area contributed by atoms with E-state index in [1.54, 1.807) is 55.1 Å². The average Bonchev–Trinajstić information content (AvgIpc) is 3.20. The second-order valence-corrected chi connectivity index (χ2v) is 9.30. The van der Waals surface area contributed by atoms with Crippen LogP contribution in [0.25, 0.3) is 12.2 Å². The highest BCUT2D eigenvalue weighted by atomic mass is 35.5. The highest BCUT2D eigenvalue weighted by molar-refractivity contribution is 6.58. The average molecular weight is 675 g/mol. The van der Waals surface area contributed by atoms with Gasteiger partial charge in [-0.2, -0.15) is 0 Å². The third kappa shape index (κ3) is 30.0. The van der Waals surface area contributed by atoms with Crippen molar-refractivity contribution in [1.82, 2.24) is 9.97 Å². The molecule has 0 unspecified atom stereocenters. The molecule has 0 radical (unpaired) electrons. The zero-order valence-corrected chi connectivity index (χ0v) is 30.3. The minimum absolute atomic E-state index is 0.496. The van der Waals surface area contributed by atoms with Crippen molar-refractivity contribution >= 4 is 36.3 Å². The van der Waals surface area contributed by atoms with Gasteiger partial charge in [0.15, 0.2) is 0 Å². The first-order valence-corrected chi connectivity index (χ1v) is 16.5. The van der Waals surface area contributed by atoms with E-state index in [0.29, 0.717) is 5.46 Å². The van der Waals surface area contributed by atoms with E-state index in [-0.39, 0.29) is 0 Å². The van der Waals surface area contributed by atoms with Gasteiger partial charge >= 0.3 is 7.12 Å². The molecular formula is C43H52BClN2O2. The van der Waals surface area contributed by atoms with Gasteiger partial charge in [0.25, 0.3) is 0 Å². The molecule has 2 aromatic heterocycles. The summed E-state index contributed by atoms with van der Waals surface area (Å²) in [6.45, 7) is 17.3. The topological polar surface area (TPSA) is 66.2 Å². The van der Waals surface area contributed by atoms with E-state index in [1.807, 2.05) is 149 Å². The van der Waals surface area contributed by atoms with Gasteiger partial charge < -0.3 is 10.0 Å². The highest BCUT2D eigenvalue weighted by Crippen LogP contribution is 2.03. The van der Waals surface area contributed by atoms with Gasteiger partial charge in [0, 0.05) is 29.8 Å². The number of rotatable bonds is 3. The predicted molar refractivity (Wildman–Crippen MR) is 217 cm³/mol. The fourth-order valence-corrected chi connectivity index (χ4v) is 3.11. The fraction of sp³-hybridized carbons (Fsp3) is 0.116. The van der Waals surface area contributed by atoms with E-state index in [0.717, 1.165) is 10.6 Å². The van der Waals surface area contributed by atoms with Crippen LogP contribution >= 0.6 is 11.6 Å². The third-order valence-electron chi connectivity index (χ3n) is 5.31. The second-order valence-electron chi connectivity index (χ2n) is 8.86. The van der Waals surface area contributed by atoms with E-state index < -0.39 is 7.12 Å². The maximum absolute atomic E-state index is 8.72. The zero-order valence-electron chi connectivity index (χ0n) is 29.6. The molecule has 0 aliphatic carbocycles. The molecule has 0 atom stereocenters. The summed E-state index contributed by atoms with van der Waals surface area (Å²) >= 11 is 5.54. The Kier molecular flexibility index (Phi) is 33.6. The van der Waals surface area contributed by atoms with Gasteiger partial charge in [-0.25, -0.2) is 0 Å². The second kappa shape index (κ2) is 35.8. The maximum Gasteiger partial charge on any atom is 0.488 e. The van der Waals surface area contributed by atoms with E-state index in [2.05, 4.69) is 42.2 Å². The number of hydrogen-bond donors (Lipinski definition) is 2. The Morgan fingerprint density at radius 2 is 0.816 bits per heavy atom. The molecule has 6 rings (SSSR count). The van der Waals surface area contributed by atoms with Crippen molar-refractivity contribution < 1.29 is 10.0 Å². The molecule has 4 aromatic carbocycles. The molecule has 0 bridgehead atoms. The lowest BCUT2D eigenvalue weighted by atomic mass is 9.80. The van der Waals surface area contributed by atoms with Crippen LogP contribution in [0.3, 0.4) is 0 Å². The van der Waals surface area contributed by atoms with E-state index >= 15 is 0 Å². The normalized spacial score (nSPS) is 8.16. The van der Waals surface area contributed by atoms with Crippen LogP contribution in [-0.2, 0) is 0 Å². The Labute approximate surface area is 301 Å². The number of benzene rings is 4. The van der Waals surface area contributed by atoms with Gasteiger partial charge in [-0.3, -0.25) is 9.97 Å². The number of hydrogen-bond acceptors (Lipinski definition) is 4. The van der Waals surface area contributed by atoms with E-state index in [4.69, 9.17) is 21.6 Å². The van der Waals surface area contributed by atoms with Gasteiger partial charge in [-0.15, -0.1) is 0 Å². The SMILES string of the molecule is C=Cc1ccc(B(O)O)cc1.C=Cc1ccccc1.CC.CC.Cc1ccccc1.Clc1ccccc1.c1ccncc1.c1ccncc1. The molecule has 0 saturated carbocycles. The Morgan fingerprint density at radius 1 is 0.490 bits per heavy atom. The number of nitrogens with zero attached hydrogens (tertiary/aromatic N) is 2. The molecule has 0 spiro atoms. The van der Waals surface area contributed by atoms with Crippen LogP contribution in [0.5, 0.6) is 0 Å². The number of aryl methyl sites for hydroxylation is 1. The first kappa shape index (κ1) is 46.1. The van der Waals surface area contributed by atoms with Crippen LogP contribution in [-0.4, -0.2) is 27.1 Å². The minimum atomic E-state index is -1.38. The lowest BCUT2D eigenvalue weighted by Gasteiger charge is -1.98. The smallest absolute Gasteiger partial charge is 0.423 e. The maximum atomic E-state index is 8.72. The Hall–Kier alpha value is -5.07. The number of aromatic nitrogens is 2. The van der Waals surface area contributed by atoms with Crippen LogP contribution in [0.4, 0.5) is 0 Å². The molecule has 49 heavy (non-hydrogen) atoms. The van der Waals surface area contributed by atoms with Gasteiger partial charge in [0.05, 0.1) is 0 Å². The van der Waals surface area contributed by atoms with Crippen molar-refractivity contribution in [2.75, 3.05) is 0 Å². The molecular weight excluding hydrogens is 623 g/mol. The molecule has 2 N–H and O–H groups in total. The molecule has 256 valence electrons. The molecule has 0 fully saturated rings. The lowest BCUT2D eigenvalue weighted by Crippen LogP contribution is -2.29. The third-order valence-corrected chi connectivity index (χ3v) is 5.56. The van der Waals surface area contributed by atoms with Gasteiger partial charge in [-0.1, -0.05) is 185 Å². The minimum Gasteiger partial charge on any atom is -0.423 e. The van der Waals surface area contributed by atoms with Crippen LogP contribution < -0.4 is 5.46 Å². The molecule has 0 saturated heterocycles. The van der Waals surface area contributed by atoms with Crippen LogP contribution in [0.15, 0.2) is 190 Å². The van der Waals surface area contributed by atoms with Crippen molar-refractivity contribution in [2.24, 2.45) is 0 Å². The highest BCUT2D eigenvalue weighted by Gasteiger charge is 2.08. The Morgan fingerprint density at radius 3 is 1.02 bits per heavy atom. The monoisotopic (exact) mass is 674 g/mol. The summed E-state index contributed by atoms with van der Waals surface area (Å²) in [7, 11) is -1.38. The van der Waals surface area contributed by atoms with E-state index in [1.165, 1.54) is 11.1 Å². The predicted octanol–water partition coefficient (Wildman–Crippen LogP) is 10.9. The number of halogens is 1. The summed E-state index contributed by atoms with van der Waals surface area (Å²) in [4.78, 5) is 7.57. The van der Waals surface area contributed by atoms with Crippen LogP contribution in [0.1, 0.15) is 44.4 Å². The summed E-state index contributed by atoms with van der Waals surface area (Å²) < 4.78 is 0. The Bertz CT molecular complexity index is 1370. The first-order valence-electron chi connectivity index (χ1n) is 16.1. The number of pyridine rings is 2. The van der Waals surface area contributed by atoms with Gasteiger partial charge in [-0.05, 0) is 59.9 Å². The standard InChI is InChI=1S/C8H9BO2.C8H8.C7H8.C6H5Cl.2C5H5N.2C2H6/c1-2-7-3-5-8(6-4-7)9(10)11;1-2-8-6-4-3-5-7-8;1-7-5-3-2-4-6-7;7-6-4-2-1-3-5-6;2*1-2-4-6-5-3-1;2*1-2/h2-6,10-11H,1H2;2-7H,1H2;2-6H,1H3;1-5H;2*1-5H;2*1-2H3. The fourth-order valence-electron chi connectivity index (χ4n) is 2.97. The van der Waals surface area contributed by atoms with Gasteiger partial charge in [0.1, 0.15) is 0 Å². The molecule has 0 aliphatic heterocycles. The first-order chi connectivity index (χ1) is 24.0. The van der Waals surface area contributed by atoms with Crippen molar-refractivity contribution in [3.63, 3.8) is 0 Å². The Balaban J connectivity index is 0. The molecule has 4 nitrogen and oxygen atoms in total. The zero-order chi connectivity index (χ0) is 36.8. The van der Waals surface area contributed by atoms with Crippen molar-refractivity contribution in [3.8, 4) is 0 Å². The van der Waals surface area contributed by atoms with Crippen LogP contribution in [0, 0.1) is 6.92 Å². The molecule has 2 heterocycles. The quantitative estimate of drug-likeness (QED) is 0.183.